The van der Waals surface area contributed by atoms with Crippen molar-refractivity contribution in [2.75, 3.05) is 39.8 Å². The molecule has 4 aliphatic heterocycles. The molecule has 4 heterocycles. The second-order valence-corrected chi connectivity index (χ2v) is 10.4. The number of piperidine rings is 2. The molecule has 6 rings (SSSR count). The molecule has 0 saturated carbocycles. The lowest BCUT2D eigenvalue weighted by Gasteiger charge is -2.25. The largest absolute Gasteiger partial charge is 0.454 e. The summed E-state index contributed by atoms with van der Waals surface area (Å²) in [6.07, 6.45) is 21.4. The van der Waals surface area contributed by atoms with Crippen LogP contribution in [0.15, 0.2) is 72.9 Å². The van der Waals surface area contributed by atoms with Crippen LogP contribution in [0.2, 0.25) is 0 Å². The van der Waals surface area contributed by atoms with Crippen LogP contribution in [0.4, 0.5) is 0 Å². The molecule has 0 spiro atoms. The van der Waals surface area contributed by atoms with E-state index in [9.17, 15) is 9.59 Å². The molecule has 2 saturated heterocycles. The van der Waals surface area contributed by atoms with Crippen LogP contribution in [0, 0.1) is 0 Å². The summed E-state index contributed by atoms with van der Waals surface area (Å²) in [5, 5.41) is 0. The monoisotopic (exact) mass is 570 g/mol. The minimum Gasteiger partial charge on any atom is -0.454 e. The molecule has 4 aliphatic rings. The highest BCUT2D eigenvalue weighted by Gasteiger charge is 2.15. The molecule has 0 bridgehead atoms. The number of hydrogen-bond acceptors (Lipinski definition) is 6. The van der Waals surface area contributed by atoms with Gasteiger partial charge in [-0.25, -0.2) is 0 Å². The fourth-order valence-corrected chi connectivity index (χ4v) is 5.08. The van der Waals surface area contributed by atoms with Gasteiger partial charge in [0.15, 0.2) is 23.0 Å². The molecular weight excluding hydrogens is 532 g/mol. The summed E-state index contributed by atoms with van der Waals surface area (Å²) in [5.74, 6) is 3.30. The lowest BCUT2D eigenvalue weighted by atomic mass is 10.1. The maximum absolute atomic E-state index is 11.9. The Morgan fingerprint density at radius 2 is 0.929 bits per heavy atom. The Hall–Kier alpha value is -4.46. The Balaban J connectivity index is 0.000000168. The van der Waals surface area contributed by atoms with Crippen molar-refractivity contribution in [3.05, 3.63) is 84.0 Å². The summed E-state index contributed by atoms with van der Waals surface area (Å²) in [6, 6.07) is 11.6. The Labute approximate surface area is 247 Å². The van der Waals surface area contributed by atoms with E-state index in [4.69, 9.17) is 18.9 Å². The van der Waals surface area contributed by atoms with Gasteiger partial charge in [0.2, 0.25) is 25.4 Å². The summed E-state index contributed by atoms with van der Waals surface area (Å²) in [7, 11) is 0. The number of ether oxygens (including phenoxy) is 4. The molecule has 42 heavy (non-hydrogen) atoms. The van der Waals surface area contributed by atoms with Crippen LogP contribution >= 0.6 is 0 Å². The van der Waals surface area contributed by atoms with Gasteiger partial charge in [-0.1, -0.05) is 48.6 Å². The fraction of sp³-hybridized carbons (Fsp3) is 0.353. The number of likely N-dealkylation sites (tertiary alicyclic amines) is 2. The third-order valence-electron chi connectivity index (χ3n) is 7.41. The fourth-order valence-electron chi connectivity index (χ4n) is 5.08. The van der Waals surface area contributed by atoms with E-state index in [1.54, 1.807) is 24.3 Å². The molecule has 2 amide bonds. The van der Waals surface area contributed by atoms with E-state index in [0.29, 0.717) is 0 Å². The van der Waals surface area contributed by atoms with E-state index >= 15 is 0 Å². The highest BCUT2D eigenvalue weighted by Crippen LogP contribution is 2.33. The summed E-state index contributed by atoms with van der Waals surface area (Å²) in [6.45, 7) is 4.10. The average molecular weight is 571 g/mol. The summed E-state index contributed by atoms with van der Waals surface area (Å²) < 4.78 is 21.2. The van der Waals surface area contributed by atoms with E-state index in [1.807, 2.05) is 70.5 Å². The Morgan fingerprint density at radius 1 is 0.524 bits per heavy atom. The van der Waals surface area contributed by atoms with E-state index in [-0.39, 0.29) is 25.4 Å². The van der Waals surface area contributed by atoms with Crippen molar-refractivity contribution in [3.63, 3.8) is 0 Å². The van der Waals surface area contributed by atoms with Gasteiger partial charge in [0, 0.05) is 38.3 Å². The van der Waals surface area contributed by atoms with Crippen molar-refractivity contribution in [1.29, 1.82) is 0 Å². The summed E-state index contributed by atoms with van der Waals surface area (Å²) in [4.78, 5) is 27.7. The van der Waals surface area contributed by atoms with Crippen molar-refractivity contribution in [3.8, 4) is 23.0 Å². The zero-order valence-electron chi connectivity index (χ0n) is 23.9. The highest BCUT2D eigenvalue weighted by atomic mass is 16.7. The second-order valence-electron chi connectivity index (χ2n) is 10.4. The Morgan fingerprint density at radius 3 is 1.36 bits per heavy atom. The first-order valence-corrected chi connectivity index (χ1v) is 14.7. The van der Waals surface area contributed by atoms with Gasteiger partial charge in [-0.3, -0.25) is 9.59 Å². The number of carbonyl (C=O) groups is 2. The molecule has 2 aromatic rings. The predicted molar refractivity (Wildman–Crippen MR) is 162 cm³/mol. The van der Waals surface area contributed by atoms with Crippen molar-refractivity contribution in [1.82, 2.24) is 9.80 Å². The molecular formula is C34H38N2O6. The van der Waals surface area contributed by atoms with Gasteiger partial charge < -0.3 is 28.7 Å². The van der Waals surface area contributed by atoms with Gasteiger partial charge in [-0.05, 0) is 73.9 Å². The number of carbonyl (C=O) groups excluding carboxylic acids is 2. The van der Waals surface area contributed by atoms with Crippen molar-refractivity contribution < 1.29 is 28.5 Å². The maximum atomic E-state index is 11.9. The van der Waals surface area contributed by atoms with Crippen LogP contribution in [0.5, 0.6) is 23.0 Å². The number of hydrogen-bond donors (Lipinski definition) is 0. The van der Waals surface area contributed by atoms with Crippen molar-refractivity contribution in [2.24, 2.45) is 0 Å². The second kappa shape index (κ2) is 15.0. The third kappa shape index (κ3) is 8.28. The van der Waals surface area contributed by atoms with Gasteiger partial charge in [0.1, 0.15) is 0 Å². The van der Waals surface area contributed by atoms with E-state index in [2.05, 4.69) is 0 Å². The topological polar surface area (TPSA) is 77.5 Å². The predicted octanol–water partition coefficient (Wildman–Crippen LogP) is 5.99. The van der Waals surface area contributed by atoms with E-state index in [1.165, 1.54) is 12.8 Å². The van der Waals surface area contributed by atoms with Gasteiger partial charge >= 0.3 is 0 Å². The third-order valence-corrected chi connectivity index (χ3v) is 7.41. The SMILES string of the molecule is O=C(/C=C/C=C/c1ccc2c(c1)OCO2)N1CCCCC1.O=C(/C=C/C=C/c1ccc2c(c1)OCO2)N1CCCCC1. The molecule has 8 nitrogen and oxygen atoms in total. The molecule has 0 unspecified atom stereocenters. The minimum atomic E-state index is 0.102. The standard InChI is InChI=1S/2C17H19NO3/c2*19-17(18-10-4-1-5-11-18)7-3-2-6-14-8-9-15-16(12-14)21-13-20-15/h2*2-3,6-9,12H,1,4-5,10-11,13H2/b2*6-2+,7-3+. The van der Waals surface area contributed by atoms with Crippen LogP contribution in [-0.4, -0.2) is 61.4 Å². The van der Waals surface area contributed by atoms with Crippen molar-refractivity contribution in [2.45, 2.75) is 38.5 Å². The number of benzene rings is 2. The van der Waals surface area contributed by atoms with Crippen LogP contribution < -0.4 is 18.9 Å². The molecule has 0 aliphatic carbocycles. The zero-order chi connectivity index (χ0) is 29.0. The normalized spacial score (nSPS) is 17.8. The number of allylic oxidation sites excluding steroid dienone is 4. The van der Waals surface area contributed by atoms with E-state index in [0.717, 1.165) is 86.0 Å². The lowest BCUT2D eigenvalue weighted by Crippen LogP contribution is -2.34. The van der Waals surface area contributed by atoms with Crippen LogP contribution in [0.3, 0.4) is 0 Å². The molecule has 2 aromatic carbocycles. The van der Waals surface area contributed by atoms with Crippen LogP contribution in [0.25, 0.3) is 12.2 Å². The van der Waals surface area contributed by atoms with Crippen LogP contribution in [-0.2, 0) is 9.59 Å². The van der Waals surface area contributed by atoms with Crippen molar-refractivity contribution >= 4 is 24.0 Å². The minimum absolute atomic E-state index is 0.102. The molecule has 0 radical (unpaired) electrons. The first-order valence-electron chi connectivity index (χ1n) is 14.7. The van der Waals surface area contributed by atoms with Gasteiger partial charge in [0.05, 0.1) is 0 Å². The summed E-state index contributed by atoms with van der Waals surface area (Å²) >= 11 is 0. The quantitative estimate of drug-likeness (QED) is 0.314. The zero-order valence-corrected chi connectivity index (χ0v) is 23.9. The summed E-state index contributed by atoms with van der Waals surface area (Å²) in [5.41, 5.74) is 2.05. The number of amides is 2. The van der Waals surface area contributed by atoms with Gasteiger partial charge in [0.25, 0.3) is 0 Å². The highest BCUT2D eigenvalue weighted by molar-refractivity contribution is 5.88. The number of nitrogens with zero attached hydrogens (tertiary/aromatic N) is 2. The Bertz CT molecular complexity index is 1250. The lowest BCUT2D eigenvalue weighted by molar-refractivity contribution is -0.127. The number of fused-ring (bicyclic) bond motifs is 2. The molecule has 2 fully saturated rings. The molecule has 220 valence electrons. The first-order chi connectivity index (χ1) is 20.7. The maximum Gasteiger partial charge on any atom is 0.246 e. The average Bonchev–Trinajstić information content (AvgIpc) is 3.71. The molecule has 0 atom stereocenters. The van der Waals surface area contributed by atoms with Gasteiger partial charge in [-0.2, -0.15) is 0 Å². The van der Waals surface area contributed by atoms with E-state index < -0.39 is 0 Å². The molecule has 0 aromatic heterocycles. The first kappa shape index (κ1) is 29.0. The Kier molecular flexibility index (Phi) is 10.3. The molecule has 0 N–H and O–H groups in total. The smallest absolute Gasteiger partial charge is 0.246 e. The van der Waals surface area contributed by atoms with Gasteiger partial charge in [-0.15, -0.1) is 0 Å². The van der Waals surface area contributed by atoms with Crippen LogP contribution in [0.1, 0.15) is 49.7 Å². The molecule has 8 heteroatoms. The number of rotatable bonds is 6.